The molecule has 1 heterocycles. The summed E-state index contributed by atoms with van der Waals surface area (Å²) in [6.45, 7) is 1.94. The van der Waals surface area contributed by atoms with Crippen molar-refractivity contribution in [2.24, 2.45) is 11.7 Å². The molecule has 1 fully saturated rings. The van der Waals surface area contributed by atoms with Crippen molar-refractivity contribution in [1.82, 2.24) is 0 Å². The van der Waals surface area contributed by atoms with Gasteiger partial charge in [-0.3, -0.25) is 11.7 Å². The van der Waals surface area contributed by atoms with Gasteiger partial charge in [-0.05, 0) is 6.92 Å². The summed E-state index contributed by atoms with van der Waals surface area (Å²) >= 11 is 5.31. The summed E-state index contributed by atoms with van der Waals surface area (Å²) in [5.74, 6) is 8.00. The van der Waals surface area contributed by atoms with Crippen LogP contribution in [-0.2, 0) is 4.74 Å². The zero-order valence-corrected chi connectivity index (χ0v) is 4.85. The van der Waals surface area contributed by atoms with Crippen LogP contribution in [0.25, 0.3) is 0 Å². The summed E-state index contributed by atoms with van der Waals surface area (Å²) < 4.78 is 4.68. The first-order chi connectivity index (χ1) is 3.30. The van der Waals surface area contributed by atoms with Crippen LogP contribution in [0.4, 0.5) is 0 Å². The molecule has 1 aliphatic rings. The Labute approximate surface area is 47.5 Å². The van der Waals surface area contributed by atoms with Crippen molar-refractivity contribution in [3.63, 3.8) is 0 Å². The average Bonchev–Trinajstić information content (AvgIpc) is 2.27. The Morgan fingerprint density at radius 2 is 1.71 bits per heavy atom. The van der Waals surface area contributed by atoms with Crippen LogP contribution in [0.2, 0.25) is 0 Å². The largest absolute Gasteiger partial charge is 0.353 e. The van der Waals surface area contributed by atoms with Crippen LogP contribution in [0.15, 0.2) is 0 Å². The minimum atomic E-state index is 0.0231. The van der Waals surface area contributed by atoms with Crippen molar-refractivity contribution in [2.45, 2.75) is 18.6 Å². The van der Waals surface area contributed by atoms with Crippen molar-refractivity contribution in [2.75, 3.05) is 0 Å². The number of halogens is 1. The molecule has 4 heteroatoms. The second kappa shape index (κ2) is 3.21. The molecule has 7 heavy (non-hydrogen) atoms. The van der Waals surface area contributed by atoms with Crippen LogP contribution < -0.4 is 11.7 Å². The molecule has 0 aromatic carbocycles. The molecule has 0 aromatic heterocycles. The third-order valence-electron chi connectivity index (χ3n) is 0.637. The molecule has 2 unspecified atom stereocenters. The molecule has 3 nitrogen and oxygen atoms in total. The molecule has 2 atom stereocenters. The predicted octanol–water partition coefficient (Wildman–Crippen LogP) is -0.211. The number of rotatable bonds is 0. The first-order valence-electron chi connectivity index (χ1n) is 1.93. The van der Waals surface area contributed by atoms with Crippen molar-refractivity contribution >= 4 is 11.6 Å². The van der Waals surface area contributed by atoms with E-state index in [-0.39, 0.29) is 5.56 Å². The number of hydrogen-bond acceptors (Lipinski definition) is 3. The topological polar surface area (TPSA) is 64.6 Å². The third-order valence-corrected chi connectivity index (χ3v) is 1.09. The number of hydrazine groups is 1. The van der Waals surface area contributed by atoms with Gasteiger partial charge in [0.15, 0.2) is 5.56 Å². The first kappa shape index (κ1) is 7.17. The Kier molecular flexibility index (Phi) is 3.29. The fraction of sp³-hybridized carbons (Fsp3) is 1.00. The molecule has 0 saturated carbocycles. The van der Waals surface area contributed by atoms with Crippen molar-refractivity contribution in [3.8, 4) is 0 Å². The van der Waals surface area contributed by atoms with E-state index >= 15 is 0 Å². The lowest BCUT2D eigenvalue weighted by Crippen LogP contribution is -2.02. The highest BCUT2D eigenvalue weighted by Crippen LogP contribution is 2.23. The van der Waals surface area contributed by atoms with E-state index < -0.39 is 0 Å². The predicted molar refractivity (Wildman–Crippen MR) is 28.6 cm³/mol. The molecule has 1 aliphatic heterocycles. The minimum Gasteiger partial charge on any atom is -0.353 e. The van der Waals surface area contributed by atoms with Crippen LogP contribution in [0.3, 0.4) is 0 Å². The van der Waals surface area contributed by atoms with Gasteiger partial charge >= 0.3 is 0 Å². The summed E-state index contributed by atoms with van der Waals surface area (Å²) in [5, 5.41) is 0. The molecule has 4 N–H and O–H groups in total. The van der Waals surface area contributed by atoms with Gasteiger partial charge in [-0.2, -0.15) is 0 Å². The van der Waals surface area contributed by atoms with Gasteiger partial charge in [0, 0.05) is 0 Å². The number of nitrogens with two attached hydrogens (primary N) is 2. The molecule has 0 spiro atoms. The highest BCUT2D eigenvalue weighted by molar-refractivity contribution is 6.21. The number of hydrogen-bond donors (Lipinski definition) is 2. The highest BCUT2D eigenvalue weighted by atomic mass is 35.5. The second-order valence-electron chi connectivity index (χ2n) is 1.19. The average molecular weight is 125 g/mol. The molecular weight excluding hydrogens is 115 g/mol. The fourth-order valence-electron chi connectivity index (χ4n) is 0.160. The van der Waals surface area contributed by atoms with Crippen molar-refractivity contribution in [1.29, 1.82) is 0 Å². The van der Waals surface area contributed by atoms with E-state index in [0.717, 1.165) is 0 Å². The van der Waals surface area contributed by atoms with E-state index in [9.17, 15) is 0 Å². The summed E-state index contributed by atoms with van der Waals surface area (Å²) in [6.07, 6.45) is 0.316. The Bertz CT molecular complexity index is 46.2. The smallest absolute Gasteiger partial charge is 0.157 e. The number of alkyl halides is 1. The van der Waals surface area contributed by atoms with Gasteiger partial charge in [0.1, 0.15) is 0 Å². The van der Waals surface area contributed by atoms with Gasteiger partial charge in [0.25, 0.3) is 0 Å². The van der Waals surface area contributed by atoms with E-state index in [0.29, 0.717) is 6.10 Å². The third kappa shape index (κ3) is 2.82. The maximum Gasteiger partial charge on any atom is 0.157 e. The SMILES string of the molecule is CC1OC1Cl.NN. The van der Waals surface area contributed by atoms with E-state index in [2.05, 4.69) is 16.4 Å². The molecule has 0 bridgehead atoms. The zero-order chi connectivity index (χ0) is 5.86. The van der Waals surface area contributed by atoms with Gasteiger partial charge < -0.3 is 4.74 Å². The maximum absolute atomic E-state index is 5.31. The lowest BCUT2D eigenvalue weighted by atomic mass is 10.6. The lowest BCUT2D eigenvalue weighted by Gasteiger charge is -1.55. The minimum absolute atomic E-state index is 0.0231. The molecule has 1 saturated heterocycles. The van der Waals surface area contributed by atoms with Gasteiger partial charge in [-0.1, -0.05) is 11.6 Å². The van der Waals surface area contributed by atoms with Crippen LogP contribution in [-0.4, -0.2) is 11.7 Å². The molecule has 1 rings (SSSR count). The second-order valence-corrected chi connectivity index (χ2v) is 1.62. The van der Waals surface area contributed by atoms with Gasteiger partial charge in [-0.15, -0.1) is 0 Å². The summed E-state index contributed by atoms with van der Waals surface area (Å²) in [4.78, 5) is 0. The maximum atomic E-state index is 5.31. The highest BCUT2D eigenvalue weighted by Gasteiger charge is 2.30. The quantitative estimate of drug-likeness (QED) is 0.203. The lowest BCUT2D eigenvalue weighted by molar-refractivity contribution is 0.411. The zero-order valence-electron chi connectivity index (χ0n) is 4.10. The summed E-state index contributed by atoms with van der Waals surface area (Å²) in [7, 11) is 0. The summed E-state index contributed by atoms with van der Waals surface area (Å²) in [6, 6.07) is 0. The Morgan fingerprint density at radius 3 is 1.71 bits per heavy atom. The normalized spacial score (nSPS) is 36.0. The van der Waals surface area contributed by atoms with Gasteiger partial charge in [0.05, 0.1) is 6.10 Å². The Hall–Kier alpha value is 0.170. The Balaban J connectivity index is 0.000000162. The summed E-state index contributed by atoms with van der Waals surface area (Å²) in [5.41, 5.74) is 0.0231. The standard InChI is InChI=1S/C3H5ClO.H4N2/c1-2-3(4)5-2;1-2/h2-3H,1H3;1-2H2. The molecule has 0 aromatic rings. The van der Waals surface area contributed by atoms with E-state index in [1.165, 1.54) is 0 Å². The number of ether oxygens (including phenoxy) is 1. The van der Waals surface area contributed by atoms with E-state index in [4.69, 9.17) is 11.6 Å². The van der Waals surface area contributed by atoms with Crippen LogP contribution in [0.1, 0.15) is 6.92 Å². The van der Waals surface area contributed by atoms with Crippen LogP contribution in [0.5, 0.6) is 0 Å². The fourth-order valence-corrected chi connectivity index (χ4v) is 0.322. The molecule has 0 radical (unpaired) electrons. The Morgan fingerprint density at radius 1 is 1.57 bits per heavy atom. The molecular formula is C3H9ClN2O. The van der Waals surface area contributed by atoms with Crippen molar-refractivity contribution < 1.29 is 4.74 Å². The van der Waals surface area contributed by atoms with Crippen molar-refractivity contribution in [3.05, 3.63) is 0 Å². The molecule has 0 amide bonds. The van der Waals surface area contributed by atoms with Crippen LogP contribution >= 0.6 is 11.6 Å². The number of epoxide rings is 1. The van der Waals surface area contributed by atoms with E-state index in [1.54, 1.807) is 0 Å². The monoisotopic (exact) mass is 124 g/mol. The molecule has 0 aliphatic carbocycles. The van der Waals surface area contributed by atoms with E-state index in [1.807, 2.05) is 6.92 Å². The first-order valence-corrected chi connectivity index (χ1v) is 2.37. The molecule has 44 valence electrons. The van der Waals surface area contributed by atoms with Gasteiger partial charge in [-0.25, -0.2) is 0 Å². The van der Waals surface area contributed by atoms with Crippen LogP contribution in [0, 0.1) is 0 Å². The van der Waals surface area contributed by atoms with Gasteiger partial charge in [0.2, 0.25) is 0 Å².